The highest BCUT2D eigenvalue weighted by Crippen LogP contribution is 2.37. The number of nitrogens with zero attached hydrogens (tertiary/aromatic N) is 4. The molecule has 0 aliphatic carbocycles. The largest absolute Gasteiger partial charge is 0.457 e. The Kier molecular flexibility index (Phi) is 3.65. The van der Waals surface area contributed by atoms with Crippen molar-refractivity contribution in [1.82, 2.24) is 19.5 Å². The lowest BCUT2D eigenvalue weighted by molar-refractivity contribution is -0.153. The maximum atomic E-state index is 11.4. The topological polar surface area (TPSA) is 105 Å². The smallest absolute Gasteiger partial charge is 0.303 e. The molecule has 2 aromatic heterocycles. The number of ether oxygens (including phenoxy) is 2. The molecule has 9 heteroatoms. The number of carbonyl (C=O) groups excluding carboxylic acids is 1. The van der Waals surface area contributed by atoms with E-state index in [1.54, 1.807) is 4.57 Å². The van der Waals surface area contributed by atoms with Gasteiger partial charge in [0.25, 0.3) is 0 Å². The van der Waals surface area contributed by atoms with Crippen LogP contribution in [0.15, 0.2) is 6.33 Å². The first-order chi connectivity index (χ1) is 10.4. The van der Waals surface area contributed by atoms with Crippen LogP contribution < -0.4 is 5.73 Å². The normalized spacial score (nSPS) is 28.2. The monoisotopic (exact) mass is 325 g/mol. The molecule has 118 valence electrons. The molecule has 1 aliphatic rings. The number of carbonyl (C=O) groups is 1. The summed E-state index contributed by atoms with van der Waals surface area (Å²) in [6.45, 7) is 5.26. The zero-order valence-corrected chi connectivity index (χ0v) is 13.1. The first-order valence-electron chi connectivity index (χ1n) is 6.86. The molecule has 0 radical (unpaired) electrons. The number of fused-ring (bicyclic) bond motifs is 1. The lowest BCUT2D eigenvalue weighted by Gasteiger charge is -2.21. The minimum atomic E-state index is -0.538. The number of hydrogen-bond acceptors (Lipinski definition) is 7. The fraction of sp³-hybridized carbons (Fsp3) is 0.538. The van der Waals surface area contributed by atoms with E-state index in [1.807, 2.05) is 13.8 Å². The van der Waals surface area contributed by atoms with E-state index >= 15 is 0 Å². The number of nitrogens with two attached hydrogens (primary N) is 1. The van der Waals surface area contributed by atoms with Crippen LogP contribution in [-0.4, -0.2) is 37.7 Å². The van der Waals surface area contributed by atoms with E-state index in [-0.39, 0.29) is 29.1 Å². The van der Waals surface area contributed by atoms with Crippen LogP contribution in [0.2, 0.25) is 5.15 Å². The van der Waals surface area contributed by atoms with Crippen molar-refractivity contribution in [2.75, 3.05) is 5.73 Å². The Bertz CT molecular complexity index is 734. The van der Waals surface area contributed by atoms with Crippen LogP contribution in [0.5, 0.6) is 0 Å². The number of imidazole rings is 1. The van der Waals surface area contributed by atoms with Gasteiger partial charge in [0, 0.05) is 12.8 Å². The highest BCUT2D eigenvalue weighted by Gasteiger charge is 2.43. The molecule has 3 rings (SSSR count). The van der Waals surface area contributed by atoms with Gasteiger partial charge in [-0.2, -0.15) is 9.97 Å². The highest BCUT2D eigenvalue weighted by molar-refractivity contribution is 6.33. The maximum Gasteiger partial charge on any atom is 0.303 e. The highest BCUT2D eigenvalue weighted by atomic mass is 35.5. The molecule has 0 aromatic carbocycles. The van der Waals surface area contributed by atoms with E-state index in [2.05, 4.69) is 15.0 Å². The maximum absolute atomic E-state index is 11.4. The molecule has 2 N–H and O–H groups in total. The quantitative estimate of drug-likeness (QED) is 0.659. The van der Waals surface area contributed by atoms with Crippen LogP contribution in [0.1, 0.15) is 27.0 Å². The zero-order valence-electron chi connectivity index (χ0n) is 12.4. The molecule has 0 bridgehead atoms. The second-order valence-corrected chi connectivity index (χ2v) is 5.72. The summed E-state index contributed by atoms with van der Waals surface area (Å²) in [6.07, 6.45) is 0.474. The third kappa shape index (κ3) is 2.38. The van der Waals surface area contributed by atoms with E-state index in [0.29, 0.717) is 11.2 Å². The van der Waals surface area contributed by atoms with Crippen molar-refractivity contribution in [3.63, 3.8) is 0 Å². The average molecular weight is 326 g/mol. The number of anilines is 1. The van der Waals surface area contributed by atoms with Gasteiger partial charge in [-0.15, -0.1) is 0 Å². The van der Waals surface area contributed by atoms with Crippen LogP contribution in [0.4, 0.5) is 5.95 Å². The van der Waals surface area contributed by atoms with Gasteiger partial charge in [-0.1, -0.05) is 18.5 Å². The second kappa shape index (κ2) is 5.36. The van der Waals surface area contributed by atoms with Crippen LogP contribution >= 0.6 is 11.6 Å². The lowest BCUT2D eigenvalue weighted by atomic mass is 10.0. The molecule has 1 aliphatic heterocycles. The standard InChI is InChI=1S/C13H16ClN5O3/c1-5-6(2)21-12(9(5)22-7(3)20)19-4-16-8-10(14)17-13(15)18-11(8)19/h4-6,9,12H,1-3H3,(H2,15,17,18)/t5-,6-,9-,12?/m1/s1. The van der Waals surface area contributed by atoms with E-state index in [1.165, 1.54) is 13.3 Å². The van der Waals surface area contributed by atoms with Gasteiger partial charge in [-0.05, 0) is 6.92 Å². The number of rotatable bonds is 2. The molecule has 3 heterocycles. The lowest BCUT2D eigenvalue weighted by Crippen LogP contribution is -2.29. The summed E-state index contributed by atoms with van der Waals surface area (Å²) in [5.41, 5.74) is 6.52. The molecule has 22 heavy (non-hydrogen) atoms. The molecule has 0 amide bonds. The number of hydrogen-bond donors (Lipinski definition) is 1. The van der Waals surface area contributed by atoms with Crippen molar-refractivity contribution >= 4 is 34.7 Å². The van der Waals surface area contributed by atoms with Gasteiger partial charge in [0.2, 0.25) is 5.95 Å². The summed E-state index contributed by atoms with van der Waals surface area (Å²) in [6, 6.07) is 0. The number of nitrogen functional groups attached to an aromatic ring is 1. The third-order valence-corrected chi connectivity index (χ3v) is 4.13. The van der Waals surface area contributed by atoms with Crippen LogP contribution in [0.3, 0.4) is 0 Å². The molecule has 0 saturated carbocycles. The van der Waals surface area contributed by atoms with Crippen LogP contribution in [-0.2, 0) is 14.3 Å². The molecule has 8 nitrogen and oxygen atoms in total. The molecule has 4 atom stereocenters. The Hall–Kier alpha value is -1.93. The third-order valence-electron chi connectivity index (χ3n) is 3.87. The summed E-state index contributed by atoms with van der Waals surface area (Å²) in [7, 11) is 0. The minimum Gasteiger partial charge on any atom is -0.457 e. The fourth-order valence-electron chi connectivity index (χ4n) is 2.61. The number of aromatic nitrogens is 4. The second-order valence-electron chi connectivity index (χ2n) is 5.36. The fourth-order valence-corrected chi connectivity index (χ4v) is 2.83. The predicted molar refractivity (Wildman–Crippen MR) is 79.0 cm³/mol. The van der Waals surface area contributed by atoms with Gasteiger partial charge in [-0.25, -0.2) is 4.98 Å². The van der Waals surface area contributed by atoms with Crippen molar-refractivity contribution in [2.24, 2.45) is 5.92 Å². The van der Waals surface area contributed by atoms with Gasteiger partial charge in [0.1, 0.15) is 5.52 Å². The van der Waals surface area contributed by atoms with Crippen molar-refractivity contribution in [1.29, 1.82) is 0 Å². The molecular weight excluding hydrogens is 310 g/mol. The Balaban J connectivity index is 2.07. The summed E-state index contributed by atoms with van der Waals surface area (Å²) >= 11 is 6.03. The Morgan fingerprint density at radius 3 is 2.86 bits per heavy atom. The van der Waals surface area contributed by atoms with E-state index < -0.39 is 12.3 Å². The molecule has 1 saturated heterocycles. The zero-order chi connectivity index (χ0) is 16.0. The van der Waals surface area contributed by atoms with Crippen molar-refractivity contribution < 1.29 is 14.3 Å². The Morgan fingerprint density at radius 2 is 2.18 bits per heavy atom. The summed E-state index contributed by atoms with van der Waals surface area (Å²) < 4.78 is 13.0. The summed E-state index contributed by atoms with van der Waals surface area (Å²) in [4.78, 5) is 23.6. The number of halogens is 1. The van der Waals surface area contributed by atoms with E-state index in [9.17, 15) is 4.79 Å². The predicted octanol–water partition coefficient (Wildman–Crippen LogP) is 1.55. The summed E-state index contributed by atoms with van der Waals surface area (Å²) in [5.74, 6) is -0.292. The molecule has 1 unspecified atom stereocenters. The summed E-state index contributed by atoms with van der Waals surface area (Å²) in [5, 5.41) is 0.171. The minimum absolute atomic E-state index is 0.0287. The number of esters is 1. The SMILES string of the molecule is CC(=O)O[C@H]1C(n2cnc3c(Cl)nc(N)nc32)O[C@H](C)[C@H]1C. The Morgan fingerprint density at radius 1 is 1.45 bits per heavy atom. The first kappa shape index (κ1) is 15.0. The van der Waals surface area contributed by atoms with Gasteiger partial charge >= 0.3 is 5.97 Å². The van der Waals surface area contributed by atoms with Gasteiger partial charge < -0.3 is 15.2 Å². The molecule has 2 aromatic rings. The van der Waals surface area contributed by atoms with Crippen molar-refractivity contribution in [2.45, 2.75) is 39.2 Å². The van der Waals surface area contributed by atoms with E-state index in [0.717, 1.165) is 0 Å². The van der Waals surface area contributed by atoms with Crippen molar-refractivity contribution in [3.05, 3.63) is 11.5 Å². The first-order valence-corrected chi connectivity index (χ1v) is 7.24. The van der Waals surface area contributed by atoms with Crippen molar-refractivity contribution in [3.8, 4) is 0 Å². The molecule has 0 spiro atoms. The van der Waals surface area contributed by atoms with E-state index in [4.69, 9.17) is 26.8 Å². The van der Waals surface area contributed by atoms with Crippen LogP contribution in [0.25, 0.3) is 11.2 Å². The van der Waals surface area contributed by atoms with Gasteiger partial charge in [-0.3, -0.25) is 9.36 Å². The Labute approximate surface area is 131 Å². The van der Waals surface area contributed by atoms with Crippen LogP contribution in [0, 0.1) is 5.92 Å². The molecule has 1 fully saturated rings. The average Bonchev–Trinajstić information content (AvgIpc) is 2.95. The molecular formula is C13H16ClN5O3. The van der Waals surface area contributed by atoms with Gasteiger partial charge in [0.05, 0.1) is 12.4 Å². The van der Waals surface area contributed by atoms with Gasteiger partial charge in [0.15, 0.2) is 23.1 Å².